The summed E-state index contributed by atoms with van der Waals surface area (Å²) in [4.78, 5) is 32.4. The van der Waals surface area contributed by atoms with Crippen LogP contribution in [-0.2, 0) is 6.42 Å². The number of ether oxygens (including phenoxy) is 1. The molecule has 1 aliphatic heterocycles. The molecule has 11 heteroatoms. The van der Waals surface area contributed by atoms with Crippen LogP contribution in [0.2, 0.25) is 0 Å². The number of carbonyl (C=O) groups is 1. The van der Waals surface area contributed by atoms with E-state index >= 15 is 4.39 Å². The van der Waals surface area contributed by atoms with Gasteiger partial charge in [0.05, 0.1) is 12.1 Å². The summed E-state index contributed by atoms with van der Waals surface area (Å²) in [7, 11) is 2.02. The highest BCUT2D eigenvalue weighted by atomic mass is 19.1. The SMILES string of the molecule is [C-]#[N+]c1c(Nc2ccc(C(=O)N3CCN(C)CC3)cn2)ncnc1Oc1cc(F)c2c(c1F)C=C(C)C2. The van der Waals surface area contributed by atoms with Gasteiger partial charge in [0.1, 0.15) is 23.8 Å². The number of aromatic nitrogens is 3. The Labute approximate surface area is 212 Å². The summed E-state index contributed by atoms with van der Waals surface area (Å²) in [6, 6.07) is 4.20. The first kappa shape index (κ1) is 24.3. The highest BCUT2D eigenvalue weighted by Gasteiger charge is 2.25. The molecule has 3 aromatic rings. The van der Waals surface area contributed by atoms with E-state index in [1.165, 1.54) is 6.20 Å². The van der Waals surface area contributed by atoms with Crippen molar-refractivity contribution < 1.29 is 18.3 Å². The van der Waals surface area contributed by atoms with Gasteiger partial charge in [-0.2, -0.15) is 0 Å². The third-order valence-corrected chi connectivity index (χ3v) is 6.32. The van der Waals surface area contributed by atoms with Crippen LogP contribution in [0.1, 0.15) is 28.4 Å². The molecule has 1 N–H and O–H groups in total. The first-order chi connectivity index (χ1) is 17.8. The molecule has 2 aliphatic rings. The van der Waals surface area contributed by atoms with Gasteiger partial charge in [0.2, 0.25) is 5.88 Å². The monoisotopic (exact) mass is 503 g/mol. The summed E-state index contributed by atoms with van der Waals surface area (Å²) in [6.07, 6.45) is 4.51. The van der Waals surface area contributed by atoms with Gasteiger partial charge in [0.25, 0.3) is 11.6 Å². The van der Waals surface area contributed by atoms with Crippen molar-refractivity contribution in [3.63, 3.8) is 0 Å². The number of pyridine rings is 1. The molecular weight excluding hydrogens is 480 g/mol. The van der Waals surface area contributed by atoms with Crippen LogP contribution in [-0.4, -0.2) is 63.9 Å². The zero-order chi connectivity index (χ0) is 26.1. The number of nitrogens with zero attached hydrogens (tertiary/aromatic N) is 6. The van der Waals surface area contributed by atoms with Crippen molar-refractivity contribution in [2.45, 2.75) is 13.3 Å². The lowest BCUT2D eigenvalue weighted by Crippen LogP contribution is -2.47. The Morgan fingerprint density at radius 2 is 1.95 bits per heavy atom. The van der Waals surface area contributed by atoms with Crippen molar-refractivity contribution in [3.8, 4) is 11.6 Å². The average molecular weight is 504 g/mol. The number of hydrogen-bond donors (Lipinski definition) is 1. The fourth-order valence-corrected chi connectivity index (χ4v) is 4.28. The summed E-state index contributed by atoms with van der Waals surface area (Å²) in [5, 5.41) is 2.91. The molecule has 3 heterocycles. The number of nitrogens with one attached hydrogen (secondary N) is 1. The van der Waals surface area contributed by atoms with Gasteiger partial charge in [-0.3, -0.25) is 4.79 Å². The Bertz CT molecular complexity index is 1440. The normalized spacial score (nSPS) is 15.1. The third-order valence-electron chi connectivity index (χ3n) is 6.32. The number of anilines is 2. The minimum Gasteiger partial charge on any atom is -0.446 e. The molecule has 1 fully saturated rings. The van der Waals surface area contributed by atoms with Gasteiger partial charge in [0, 0.05) is 49.6 Å². The van der Waals surface area contributed by atoms with E-state index in [-0.39, 0.29) is 40.2 Å². The molecule has 1 aliphatic carbocycles. The summed E-state index contributed by atoms with van der Waals surface area (Å²) in [6.45, 7) is 12.3. The molecule has 9 nitrogen and oxygen atoms in total. The molecule has 0 saturated carbocycles. The fourth-order valence-electron chi connectivity index (χ4n) is 4.28. The largest absolute Gasteiger partial charge is 0.446 e. The Balaban J connectivity index is 1.35. The van der Waals surface area contributed by atoms with E-state index in [0.717, 1.165) is 31.1 Å². The van der Waals surface area contributed by atoms with Crippen LogP contribution in [0.3, 0.4) is 0 Å². The average Bonchev–Trinajstić information content (AvgIpc) is 3.30. The van der Waals surface area contributed by atoms with Crippen LogP contribution in [0, 0.1) is 18.2 Å². The van der Waals surface area contributed by atoms with Crippen LogP contribution in [0.4, 0.5) is 26.1 Å². The minimum atomic E-state index is -0.723. The van der Waals surface area contributed by atoms with Gasteiger partial charge in [0.15, 0.2) is 11.6 Å². The van der Waals surface area contributed by atoms with E-state index in [9.17, 15) is 9.18 Å². The molecule has 0 bridgehead atoms. The number of fused-ring (bicyclic) bond motifs is 1. The van der Waals surface area contributed by atoms with Gasteiger partial charge in [-0.25, -0.2) is 28.6 Å². The van der Waals surface area contributed by atoms with Crippen molar-refractivity contribution in [2.24, 2.45) is 0 Å². The minimum absolute atomic E-state index is 0.0726. The maximum atomic E-state index is 15.0. The fraction of sp³-hybridized carbons (Fsp3) is 0.269. The lowest BCUT2D eigenvalue weighted by molar-refractivity contribution is 0.0663. The lowest BCUT2D eigenvalue weighted by Gasteiger charge is -2.32. The molecule has 2 aromatic heterocycles. The number of piperazine rings is 1. The Morgan fingerprint density at radius 1 is 1.16 bits per heavy atom. The van der Waals surface area contributed by atoms with Crippen molar-refractivity contribution in [3.05, 3.63) is 76.0 Å². The maximum Gasteiger partial charge on any atom is 0.288 e. The van der Waals surface area contributed by atoms with E-state index in [1.807, 2.05) is 7.05 Å². The highest BCUT2D eigenvalue weighted by Crippen LogP contribution is 2.40. The van der Waals surface area contributed by atoms with Crippen LogP contribution >= 0.6 is 0 Å². The zero-order valence-electron chi connectivity index (χ0n) is 20.3. The Morgan fingerprint density at radius 3 is 2.65 bits per heavy atom. The molecule has 1 saturated heterocycles. The number of benzene rings is 1. The van der Waals surface area contributed by atoms with Crippen molar-refractivity contribution in [2.75, 3.05) is 38.5 Å². The van der Waals surface area contributed by atoms with Crippen LogP contribution in [0.25, 0.3) is 10.9 Å². The van der Waals surface area contributed by atoms with Crippen molar-refractivity contribution in [1.29, 1.82) is 0 Å². The van der Waals surface area contributed by atoms with Crippen molar-refractivity contribution in [1.82, 2.24) is 24.8 Å². The molecule has 1 amide bonds. The molecule has 0 radical (unpaired) electrons. The van der Waals surface area contributed by atoms with Gasteiger partial charge >= 0.3 is 0 Å². The predicted octanol–water partition coefficient (Wildman–Crippen LogP) is 4.58. The van der Waals surface area contributed by atoms with E-state index in [0.29, 0.717) is 30.9 Å². The number of halogens is 2. The van der Waals surface area contributed by atoms with Gasteiger partial charge in [-0.1, -0.05) is 11.6 Å². The molecule has 5 rings (SSSR count). The number of amides is 1. The molecule has 37 heavy (non-hydrogen) atoms. The van der Waals surface area contributed by atoms with Gasteiger partial charge in [-0.05, 0) is 32.5 Å². The summed E-state index contributed by atoms with van der Waals surface area (Å²) in [5.41, 5.74) is 1.57. The Kier molecular flexibility index (Phi) is 6.50. The topological polar surface area (TPSA) is 87.8 Å². The summed E-state index contributed by atoms with van der Waals surface area (Å²) in [5.74, 6) is -1.61. The lowest BCUT2D eigenvalue weighted by atomic mass is 10.1. The van der Waals surface area contributed by atoms with Crippen LogP contribution in [0.15, 0.2) is 36.3 Å². The number of rotatable bonds is 5. The molecule has 188 valence electrons. The predicted molar refractivity (Wildman–Crippen MR) is 133 cm³/mol. The van der Waals surface area contributed by atoms with E-state index in [4.69, 9.17) is 11.3 Å². The van der Waals surface area contributed by atoms with Crippen LogP contribution < -0.4 is 10.1 Å². The highest BCUT2D eigenvalue weighted by molar-refractivity contribution is 5.94. The number of hydrogen-bond acceptors (Lipinski definition) is 7. The zero-order valence-corrected chi connectivity index (χ0v) is 20.3. The van der Waals surface area contributed by atoms with E-state index < -0.39 is 11.6 Å². The smallest absolute Gasteiger partial charge is 0.288 e. The standard InChI is InChI=1S/C26H23F2N7O2/c1-15-10-17-18(11-15)22(28)20(12-19(17)27)37-25-23(29-2)24(31-14-32-25)33-21-5-4-16(13-30-21)26(36)35-8-6-34(3)7-9-35/h4-5,11-14H,6-10H2,1,3H3,(H,30,31,32,33). The second-order valence-corrected chi connectivity index (χ2v) is 8.97. The first-order valence-electron chi connectivity index (χ1n) is 11.6. The number of carbonyl (C=O) groups excluding carboxylic acids is 1. The molecule has 0 unspecified atom stereocenters. The number of allylic oxidation sites excluding steroid dienone is 1. The van der Waals surface area contributed by atoms with Gasteiger partial charge in [-0.15, -0.1) is 0 Å². The summed E-state index contributed by atoms with van der Waals surface area (Å²) >= 11 is 0. The number of likely N-dealkylation sites (N-methyl/N-ethyl adjacent to an activating group) is 1. The van der Waals surface area contributed by atoms with Gasteiger partial charge < -0.3 is 19.9 Å². The quantitative estimate of drug-likeness (QED) is 0.510. The van der Waals surface area contributed by atoms with Crippen molar-refractivity contribution >= 4 is 29.3 Å². The molecule has 0 spiro atoms. The van der Waals surface area contributed by atoms with E-state index in [1.54, 1.807) is 30.0 Å². The second kappa shape index (κ2) is 9.91. The second-order valence-electron chi connectivity index (χ2n) is 8.97. The maximum absolute atomic E-state index is 15.0. The summed E-state index contributed by atoms with van der Waals surface area (Å²) < 4.78 is 35.1. The molecule has 0 atom stereocenters. The Hall–Kier alpha value is -4.43. The molecular formula is C26H23F2N7O2. The third kappa shape index (κ3) is 4.83. The van der Waals surface area contributed by atoms with E-state index in [2.05, 4.69) is 30.0 Å². The van der Waals surface area contributed by atoms with Crippen LogP contribution in [0.5, 0.6) is 11.6 Å². The molecule has 1 aromatic carbocycles. The first-order valence-corrected chi connectivity index (χ1v) is 11.6.